The maximum atomic E-state index is 11.7. The third-order valence-corrected chi connectivity index (χ3v) is 12.6. The smallest absolute Gasteiger partial charge is 0.200 e. The summed E-state index contributed by atoms with van der Waals surface area (Å²) >= 11 is 0. The first-order valence-electron chi connectivity index (χ1n) is 23.1. The van der Waals surface area contributed by atoms with Crippen LogP contribution in [0.3, 0.4) is 0 Å². The van der Waals surface area contributed by atoms with Gasteiger partial charge in [0.2, 0.25) is 23.0 Å². The summed E-state index contributed by atoms with van der Waals surface area (Å²) in [5, 5.41) is 160. The van der Waals surface area contributed by atoms with Gasteiger partial charge in [-0.15, -0.1) is 0 Å². The highest BCUT2D eigenvalue weighted by Crippen LogP contribution is 2.59. The van der Waals surface area contributed by atoms with Gasteiger partial charge in [0, 0.05) is 89.5 Å². The van der Waals surface area contributed by atoms with Gasteiger partial charge in [0.15, 0.2) is 46.0 Å². The molecule has 0 heterocycles. The second-order valence-corrected chi connectivity index (χ2v) is 16.6. The quantitative estimate of drug-likeness (QED) is 0.0367. The second kappa shape index (κ2) is 28.5. The molecule has 0 radical (unpaired) electrons. The summed E-state index contributed by atoms with van der Waals surface area (Å²) in [5.74, 6) is -12.7. The van der Waals surface area contributed by atoms with Crippen molar-refractivity contribution in [3.8, 4) is 69.0 Å². The van der Waals surface area contributed by atoms with Crippen molar-refractivity contribution in [3.63, 3.8) is 0 Å². The van der Waals surface area contributed by atoms with Gasteiger partial charge in [-0.1, -0.05) is 105 Å². The first-order valence-corrected chi connectivity index (χ1v) is 23.1. The topological polar surface area (TPSA) is 335 Å². The summed E-state index contributed by atoms with van der Waals surface area (Å²) in [4.78, 5) is 0. The minimum Gasteiger partial charge on any atom is -0.504 e. The lowest BCUT2D eigenvalue weighted by Crippen LogP contribution is -2.12. The zero-order valence-electron chi connectivity index (χ0n) is 40.1. The minimum atomic E-state index is -0.967. The molecule has 0 saturated carbocycles. The molecule has 0 fully saturated rings. The Morgan fingerprint density at radius 1 is 0.254 bits per heavy atom. The van der Waals surface area contributed by atoms with E-state index in [1.54, 1.807) is 0 Å². The van der Waals surface area contributed by atoms with Crippen LogP contribution in [0.4, 0.5) is 0 Å². The van der Waals surface area contributed by atoms with Crippen LogP contribution in [0.5, 0.6) is 69.0 Å². The highest BCUT2D eigenvalue weighted by atomic mass is 16.3. The molecule has 1 aliphatic carbocycles. The Kier molecular flexibility index (Phi) is 25.2. The van der Waals surface area contributed by atoms with Crippen LogP contribution < -0.4 is 0 Å². The molecule has 4 aromatic rings. The van der Waals surface area contributed by atoms with E-state index < -0.39 is 92.7 Å². The molecule has 0 unspecified atom stereocenters. The lowest BCUT2D eigenvalue weighted by atomic mass is 9.76. The number of hydrogen-bond donors (Lipinski definition) is 15. The van der Waals surface area contributed by atoms with Crippen molar-refractivity contribution in [2.75, 3.05) is 21.3 Å². The van der Waals surface area contributed by atoms with Gasteiger partial charge in [0.25, 0.3) is 0 Å². The average Bonchev–Trinajstić information content (AvgIpc) is 3.33. The van der Waals surface area contributed by atoms with Crippen LogP contribution in [0, 0.1) is 0 Å². The Morgan fingerprint density at radius 2 is 0.388 bits per heavy atom. The third-order valence-electron chi connectivity index (χ3n) is 12.6. The molecular weight excluding hydrogens is 869 g/mol. The molecule has 0 aliphatic heterocycles. The Hall–Kier alpha value is -5.68. The number of hydrogen-bond acceptors (Lipinski definition) is 15. The van der Waals surface area contributed by atoms with Crippen LogP contribution in [-0.4, -0.2) is 103 Å². The number of unbranched alkanes of at least 4 members (excludes halogenated alkanes) is 8. The van der Waals surface area contributed by atoms with Crippen LogP contribution in [0.1, 0.15) is 199 Å². The molecule has 16 nitrogen and oxygen atoms in total. The van der Waals surface area contributed by atoms with E-state index in [4.69, 9.17) is 15.3 Å². The maximum absolute atomic E-state index is 11.7. The Labute approximate surface area is 394 Å². The molecule has 8 bridgehead atoms. The highest BCUT2D eigenvalue weighted by molar-refractivity contribution is 5.70. The average molecular weight is 947 g/mol. The number of aromatic hydroxyl groups is 12. The van der Waals surface area contributed by atoms with Crippen molar-refractivity contribution in [2.45, 2.75) is 154 Å². The molecule has 0 aromatic heterocycles. The first-order chi connectivity index (χ1) is 31.7. The molecule has 67 heavy (non-hydrogen) atoms. The van der Waals surface area contributed by atoms with Crippen LogP contribution in [0.2, 0.25) is 0 Å². The molecule has 0 spiro atoms. The number of rotatable bonds is 16. The second-order valence-electron chi connectivity index (χ2n) is 16.6. The van der Waals surface area contributed by atoms with Crippen LogP contribution in [0.15, 0.2) is 24.3 Å². The number of fused-ring (bicyclic) bond motifs is 8. The molecular formula is C51H78O16. The molecule has 5 rings (SSSR count). The molecule has 0 amide bonds. The maximum Gasteiger partial charge on any atom is 0.200 e. The van der Waals surface area contributed by atoms with Crippen molar-refractivity contribution in [2.24, 2.45) is 0 Å². The van der Waals surface area contributed by atoms with Crippen LogP contribution in [0.25, 0.3) is 0 Å². The van der Waals surface area contributed by atoms with E-state index in [2.05, 4.69) is 0 Å². The summed E-state index contributed by atoms with van der Waals surface area (Å²) < 4.78 is 0. The lowest BCUT2D eigenvalue weighted by Gasteiger charge is -2.30. The molecule has 0 saturated heterocycles. The van der Waals surface area contributed by atoms with Gasteiger partial charge < -0.3 is 82.1 Å². The lowest BCUT2D eigenvalue weighted by molar-refractivity contribution is 0.348. The fourth-order valence-electron chi connectivity index (χ4n) is 9.19. The predicted octanol–water partition coefficient (Wildman–Crippen LogP) is 9.32. The van der Waals surface area contributed by atoms with Gasteiger partial charge in [-0.3, -0.25) is 0 Å². The van der Waals surface area contributed by atoms with Crippen molar-refractivity contribution < 1.29 is 82.1 Å². The summed E-state index contributed by atoms with van der Waals surface area (Å²) in [6.45, 7) is 8.00. The zero-order valence-corrected chi connectivity index (χ0v) is 40.1. The van der Waals surface area contributed by atoms with Gasteiger partial charge in [-0.2, -0.15) is 0 Å². The number of phenolic OH excluding ortho intramolecular Hbond substituents is 12. The SMILES string of the molecule is CCCCCC1c2cc(c(O)c(O)c2O)C(CCCCC)c2cc(c(O)c(O)c2O)C(CCCCC)c2cc(c(O)c(O)c2O)C(CCCCC)c2cc1c(O)c(O)c2O.CO.CO.CO.O. The van der Waals surface area contributed by atoms with E-state index in [1.165, 1.54) is 24.3 Å². The molecule has 378 valence electrons. The fraction of sp³-hybridized carbons (Fsp3) is 0.529. The standard InChI is InChI=1S/C48H64O12.3CH4O.H2O/c1-5-9-13-17-25-29-21-31(39(51)45(57)37(29)49)26(18-14-10-6-2)33-23-35(43(55)47(59)41(33)53)28(20-16-12-8-4)36-24-34(42(54)48(60)44(36)56)27(19-15-11-7-3)32-22-30(25)38(50)46(58)40(32)52;3*1-2;/h21-28,49-60H,5-20H2,1-4H3;3*2H,1H3;1H2. The zero-order chi connectivity index (χ0) is 50.0. The van der Waals surface area contributed by atoms with E-state index >= 15 is 0 Å². The summed E-state index contributed by atoms with van der Waals surface area (Å²) in [5.41, 5.74) is 0.596. The Bertz CT molecular complexity index is 1740. The summed E-state index contributed by atoms with van der Waals surface area (Å²) in [6.07, 6.45) is 9.40. The van der Waals surface area contributed by atoms with E-state index in [0.29, 0.717) is 25.7 Å². The number of benzene rings is 4. The highest BCUT2D eigenvalue weighted by Gasteiger charge is 2.37. The van der Waals surface area contributed by atoms with Crippen LogP contribution >= 0.6 is 0 Å². The summed E-state index contributed by atoms with van der Waals surface area (Å²) in [7, 11) is 3.00. The van der Waals surface area contributed by atoms with E-state index in [1.807, 2.05) is 27.7 Å². The molecule has 1 aliphatic rings. The predicted molar refractivity (Wildman–Crippen MR) is 258 cm³/mol. The van der Waals surface area contributed by atoms with Gasteiger partial charge >= 0.3 is 0 Å². The monoisotopic (exact) mass is 947 g/mol. The normalized spacial score (nSPS) is 16.0. The molecule has 17 N–H and O–H groups in total. The van der Waals surface area contributed by atoms with Gasteiger partial charge in [-0.25, -0.2) is 0 Å². The van der Waals surface area contributed by atoms with Crippen molar-refractivity contribution in [1.82, 2.24) is 0 Å². The van der Waals surface area contributed by atoms with Gasteiger partial charge in [0.05, 0.1) is 0 Å². The Balaban J connectivity index is 0.00000308. The minimum absolute atomic E-state index is 0. The van der Waals surface area contributed by atoms with E-state index in [9.17, 15) is 61.3 Å². The number of aliphatic hydroxyl groups excluding tert-OH is 3. The van der Waals surface area contributed by atoms with E-state index in [0.717, 1.165) is 72.7 Å². The van der Waals surface area contributed by atoms with Gasteiger partial charge in [0.1, 0.15) is 0 Å². The van der Waals surface area contributed by atoms with Crippen molar-refractivity contribution in [1.29, 1.82) is 0 Å². The van der Waals surface area contributed by atoms with E-state index in [-0.39, 0.29) is 75.7 Å². The number of aliphatic hydroxyl groups is 3. The molecule has 16 heteroatoms. The first kappa shape index (κ1) is 59.3. The Morgan fingerprint density at radius 3 is 0.507 bits per heavy atom. The summed E-state index contributed by atoms with van der Waals surface area (Å²) in [6, 6.07) is 5.97. The third kappa shape index (κ3) is 12.9. The van der Waals surface area contributed by atoms with Gasteiger partial charge in [-0.05, 0) is 49.9 Å². The number of phenols is 12. The largest absolute Gasteiger partial charge is 0.504 e. The molecule has 0 atom stereocenters. The van der Waals surface area contributed by atoms with Crippen molar-refractivity contribution >= 4 is 0 Å². The fourth-order valence-corrected chi connectivity index (χ4v) is 9.19. The molecule has 4 aromatic carbocycles. The van der Waals surface area contributed by atoms with Crippen LogP contribution in [-0.2, 0) is 0 Å². The van der Waals surface area contributed by atoms with Crippen molar-refractivity contribution in [3.05, 3.63) is 68.8 Å².